The maximum Gasteiger partial charge on any atom is 0.261 e. The molecule has 8 heteroatoms. The Labute approximate surface area is 170 Å². The van der Waals surface area contributed by atoms with Gasteiger partial charge in [0.25, 0.3) is 11.8 Å². The van der Waals surface area contributed by atoms with E-state index in [0.717, 1.165) is 30.8 Å². The van der Waals surface area contributed by atoms with Crippen molar-refractivity contribution in [2.75, 3.05) is 19.6 Å². The fraction of sp³-hybridized carbons (Fsp3) is 0.429. The highest BCUT2D eigenvalue weighted by Crippen LogP contribution is 2.22. The Balaban J connectivity index is 1.44. The van der Waals surface area contributed by atoms with Gasteiger partial charge in [0.05, 0.1) is 16.8 Å². The molecule has 2 aromatic rings. The molecule has 1 aromatic heterocycles. The first-order valence-corrected chi connectivity index (χ1v) is 9.91. The number of fused-ring (bicyclic) bond motifs is 1. The van der Waals surface area contributed by atoms with Crippen molar-refractivity contribution < 1.29 is 14.0 Å². The lowest BCUT2D eigenvalue weighted by atomic mass is 10.1. The van der Waals surface area contributed by atoms with E-state index in [1.54, 1.807) is 24.3 Å². The number of rotatable bonds is 8. The number of nitrogens with zero attached hydrogens (tertiary/aromatic N) is 3. The van der Waals surface area contributed by atoms with Crippen LogP contribution in [0.3, 0.4) is 0 Å². The van der Waals surface area contributed by atoms with Gasteiger partial charge in [-0.1, -0.05) is 12.1 Å². The van der Waals surface area contributed by atoms with Gasteiger partial charge in [0.2, 0.25) is 5.89 Å². The van der Waals surface area contributed by atoms with Crippen LogP contribution in [0.15, 0.2) is 33.7 Å². The molecule has 0 unspecified atom stereocenters. The van der Waals surface area contributed by atoms with Gasteiger partial charge < -0.3 is 15.1 Å². The highest BCUT2D eigenvalue weighted by atomic mass is 16.4. The summed E-state index contributed by atoms with van der Waals surface area (Å²) in [6, 6.07) is 6.96. The molecule has 0 atom stereocenters. The van der Waals surface area contributed by atoms with Gasteiger partial charge in [-0.3, -0.25) is 14.5 Å². The second-order valence-corrected chi connectivity index (χ2v) is 6.89. The summed E-state index contributed by atoms with van der Waals surface area (Å²) in [6.07, 6.45) is 1.52. The van der Waals surface area contributed by atoms with Crippen LogP contribution in [-0.2, 0) is 6.54 Å². The average Bonchev–Trinajstić information content (AvgIpc) is 3.16. The predicted molar refractivity (Wildman–Crippen MR) is 110 cm³/mol. The summed E-state index contributed by atoms with van der Waals surface area (Å²) in [7, 11) is 0. The molecule has 1 aliphatic rings. The average molecular weight is 397 g/mol. The molecule has 0 spiro atoms. The number of aryl methyl sites for hydroxylation is 2. The molecule has 0 saturated carbocycles. The summed E-state index contributed by atoms with van der Waals surface area (Å²) in [6.45, 7) is 7.98. The number of carbonyl (C=O) groups is 2. The van der Waals surface area contributed by atoms with Crippen molar-refractivity contribution in [3.05, 3.63) is 52.7 Å². The topological polar surface area (TPSA) is 99.8 Å². The highest BCUT2D eigenvalue weighted by molar-refractivity contribution is 6.21. The summed E-state index contributed by atoms with van der Waals surface area (Å²) < 4.78 is 5.55. The Morgan fingerprint density at radius 1 is 1.10 bits per heavy atom. The number of unbranched alkanes of at least 4 members (excludes halogenated alkanes) is 1. The monoisotopic (exact) mass is 397 g/mol. The number of aromatic nitrogens is 1. The molecule has 0 fully saturated rings. The van der Waals surface area contributed by atoms with Crippen molar-refractivity contribution in [1.29, 1.82) is 0 Å². The largest absolute Gasteiger partial charge is 0.444 e. The van der Waals surface area contributed by atoms with Gasteiger partial charge >= 0.3 is 0 Å². The van der Waals surface area contributed by atoms with Crippen molar-refractivity contribution >= 4 is 17.8 Å². The molecular formula is C21H27N5O3. The fourth-order valence-electron chi connectivity index (χ4n) is 3.14. The van der Waals surface area contributed by atoms with E-state index >= 15 is 0 Å². The summed E-state index contributed by atoms with van der Waals surface area (Å²) in [5.41, 5.74) is 1.87. The normalized spacial score (nSPS) is 13.8. The van der Waals surface area contributed by atoms with Gasteiger partial charge in [0.1, 0.15) is 12.3 Å². The first-order chi connectivity index (χ1) is 14.0. The maximum atomic E-state index is 12.4. The van der Waals surface area contributed by atoms with Crippen LogP contribution in [0.5, 0.6) is 0 Å². The van der Waals surface area contributed by atoms with E-state index in [9.17, 15) is 9.59 Å². The van der Waals surface area contributed by atoms with Crippen molar-refractivity contribution in [3.63, 3.8) is 0 Å². The molecule has 1 aromatic carbocycles. The van der Waals surface area contributed by atoms with Gasteiger partial charge in [0, 0.05) is 19.6 Å². The minimum Gasteiger partial charge on any atom is -0.444 e. The minimum absolute atomic E-state index is 0.204. The van der Waals surface area contributed by atoms with Crippen LogP contribution >= 0.6 is 0 Å². The number of hydrogen-bond acceptors (Lipinski definition) is 5. The number of hydrogen-bond donors (Lipinski definition) is 2. The van der Waals surface area contributed by atoms with Crippen molar-refractivity contribution in [2.45, 2.75) is 40.2 Å². The third-order valence-corrected chi connectivity index (χ3v) is 4.77. The Bertz CT molecular complexity index is 864. The summed E-state index contributed by atoms with van der Waals surface area (Å²) in [4.78, 5) is 34.9. The molecule has 0 aliphatic carbocycles. The highest BCUT2D eigenvalue weighted by Gasteiger charge is 2.34. The second kappa shape index (κ2) is 9.36. The molecule has 2 N–H and O–H groups in total. The summed E-state index contributed by atoms with van der Waals surface area (Å²) in [5.74, 6) is 1.67. The molecule has 0 radical (unpaired) electrons. The molecule has 2 heterocycles. The first-order valence-electron chi connectivity index (χ1n) is 9.91. The molecule has 3 rings (SSSR count). The smallest absolute Gasteiger partial charge is 0.261 e. The number of carbonyl (C=O) groups excluding carboxylic acids is 2. The van der Waals surface area contributed by atoms with E-state index in [0.29, 0.717) is 42.6 Å². The number of amides is 2. The third kappa shape index (κ3) is 4.82. The molecule has 0 bridgehead atoms. The molecule has 154 valence electrons. The van der Waals surface area contributed by atoms with Gasteiger partial charge in [-0.25, -0.2) is 9.98 Å². The molecule has 1 aliphatic heterocycles. The van der Waals surface area contributed by atoms with Crippen LogP contribution in [0, 0.1) is 13.8 Å². The molecule has 2 amide bonds. The quantitative estimate of drug-likeness (QED) is 0.307. The lowest BCUT2D eigenvalue weighted by molar-refractivity contribution is 0.0652. The lowest BCUT2D eigenvalue weighted by Crippen LogP contribution is -2.38. The van der Waals surface area contributed by atoms with Crippen molar-refractivity contribution in [3.8, 4) is 0 Å². The number of benzene rings is 1. The lowest BCUT2D eigenvalue weighted by Gasteiger charge is -2.14. The minimum atomic E-state index is -0.204. The van der Waals surface area contributed by atoms with E-state index in [2.05, 4.69) is 20.6 Å². The van der Waals surface area contributed by atoms with Crippen LogP contribution in [0.25, 0.3) is 0 Å². The van der Waals surface area contributed by atoms with E-state index in [1.807, 2.05) is 20.8 Å². The number of nitrogens with one attached hydrogen (secondary N) is 2. The standard InChI is InChI=1S/C21H27N5O3/c1-4-22-21(24-13-18-25-14(2)15(3)29-18)23-11-7-8-12-26-19(27)16-9-5-6-10-17(16)20(26)28/h5-6,9-10H,4,7-8,11-13H2,1-3H3,(H2,22,23,24). The van der Waals surface area contributed by atoms with Crippen LogP contribution in [0.2, 0.25) is 0 Å². The fourth-order valence-corrected chi connectivity index (χ4v) is 3.14. The number of oxazole rings is 1. The zero-order valence-corrected chi connectivity index (χ0v) is 17.1. The Morgan fingerprint density at radius 3 is 2.38 bits per heavy atom. The molecule has 29 heavy (non-hydrogen) atoms. The van der Waals surface area contributed by atoms with Crippen LogP contribution < -0.4 is 10.6 Å². The van der Waals surface area contributed by atoms with E-state index in [4.69, 9.17) is 4.42 Å². The number of imide groups is 1. The molecule has 0 saturated heterocycles. The number of aliphatic imine (C=N–C) groups is 1. The van der Waals surface area contributed by atoms with Crippen LogP contribution in [-0.4, -0.2) is 47.3 Å². The van der Waals surface area contributed by atoms with Crippen molar-refractivity contribution in [2.24, 2.45) is 4.99 Å². The van der Waals surface area contributed by atoms with Crippen molar-refractivity contribution in [1.82, 2.24) is 20.5 Å². The van der Waals surface area contributed by atoms with E-state index < -0.39 is 0 Å². The SMILES string of the molecule is CCNC(=NCc1nc(C)c(C)o1)NCCCCN1C(=O)c2ccccc2C1=O. The molecular weight excluding hydrogens is 370 g/mol. The third-order valence-electron chi connectivity index (χ3n) is 4.77. The predicted octanol–water partition coefficient (Wildman–Crippen LogP) is 2.42. The summed E-state index contributed by atoms with van der Waals surface area (Å²) in [5, 5.41) is 6.44. The second-order valence-electron chi connectivity index (χ2n) is 6.89. The maximum absolute atomic E-state index is 12.4. The first kappa shape index (κ1) is 20.6. The van der Waals surface area contributed by atoms with Gasteiger partial charge in [-0.05, 0) is 45.7 Å². The van der Waals surface area contributed by atoms with Gasteiger partial charge in [-0.2, -0.15) is 0 Å². The number of guanidine groups is 1. The molecule has 8 nitrogen and oxygen atoms in total. The Hall–Kier alpha value is -3.16. The summed E-state index contributed by atoms with van der Waals surface area (Å²) >= 11 is 0. The van der Waals surface area contributed by atoms with E-state index in [-0.39, 0.29) is 11.8 Å². The van der Waals surface area contributed by atoms with Gasteiger partial charge in [-0.15, -0.1) is 0 Å². The van der Waals surface area contributed by atoms with Gasteiger partial charge in [0.15, 0.2) is 5.96 Å². The zero-order valence-electron chi connectivity index (χ0n) is 17.1. The Kier molecular flexibility index (Phi) is 6.64. The van der Waals surface area contributed by atoms with E-state index in [1.165, 1.54) is 4.90 Å². The van der Waals surface area contributed by atoms with Crippen LogP contribution in [0.1, 0.15) is 57.8 Å². The van der Waals surface area contributed by atoms with Crippen LogP contribution in [0.4, 0.5) is 0 Å². The Morgan fingerprint density at radius 2 is 1.79 bits per heavy atom. The zero-order chi connectivity index (χ0) is 20.8.